The maximum atomic E-state index is 10.7. The van der Waals surface area contributed by atoms with Gasteiger partial charge in [-0.15, -0.1) is 11.3 Å². The lowest BCUT2D eigenvalue weighted by Gasteiger charge is -2.26. The number of hydrogen-bond acceptors (Lipinski definition) is 5. The molecule has 172 valence electrons. The standard InChI is InChI=1S/C28H31NO3S/c1-28(2,22-8-4-3-5-9-22)23-12-14-25(15-13-23)32-21-24(30)18-29(19-26-10-6-16-31-26)20-27-11-7-17-33-27/h3-17,24,30H,18-21H2,1-2H3/t24-/m1/s1. The summed E-state index contributed by atoms with van der Waals surface area (Å²) in [4.78, 5) is 3.44. The number of hydrogen-bond donors (Lipinski definition) is 1. The number of ether oxygens (including phenoxy) is 1. The van der Waals surface area contributed by atoms with E-state index in [0.29, 0.717) is 13.1 Å². The molecule has 0 unspecified atom stereocenters. The summed E-state index contributed by atoms with van der Waals surface area (Å²) in [5.74, 6) is 1.65. The second-order valence-corrected chi connectivity index (χ2v) is 9.84. The molecule has 2 heterocycles. The highest BCUT2D eigenvalue weighted by Gasteiger charge is 2.22. The van der Waals surface area contributed by atoms with E-state index in [9.17, 15) is 5.11 Å². The van der Waals surface area contributed by atoms with Crippen molar-refractivity contribution in [2.24, 2.45) is 0 Å². The van der Waals surface area contributed by atoms with Crippen LogP contribution in [0, 0.1) is 0 Å². The van der Waals surface area contributed by atoms with Gasteiger partial charge in [0.15, 0.2) is 0 Å². The van der Waals surface area contributed by atoms with Crippen molar-refractivity contribution in [3.63, 3.8) is 0 Å². The van der Waals surface area contributed by atoms with Gasteiger partial charge in [-0.25, -0.2) is 0 Å². The first-order valence-electron chi connectivity index (χ1n) is 11.2. The van der Waals surface area contributed by atoms with E-state index in [1.54, 1.807) is 17.6 Å². The topological polar surface area (TPSA) is 45.8 Å². The molecule has 0 amide bonds. The Morgan fingerprint density at radius 3 is 2.33 bits per heavy atom. The molecule has 33 heavy (non-hydrogen) atoms. The van der Waals surface area contributed by atoms with E-state index >= 15 is 0 Å². The first-order chi connectivity index (χ1) is 16.0. The van der Waals surface area contributed by atoms with Crippen LogP contribution in [0.1, 0.15) is 35.6 Å². The van der Waals surface area contributed by atoms with Crippen molar-refractivity contribution in [2.45, 2.75) is 38.5 Å². The van der Waals surface area contributed by atoms with Gasteiger partial charge in [-0.2, -0.15) is 0 Å². The molecule has 0 saturated carbocycles. The van der Waals surface area contributed by atoms with Crippen LogP contribution in [0.2, 0.25) is 0 Å². The third-order valence-electron chi connectivity index (χ3n) is 5.90. The Hall–Kier alpha value is -2.86. The summed E-state index contributed by atoms with van der Waals surface area (Å²) in [7, 11) is 0. The molecule has 0 saturated heterocycles. The second-order valence-electron chi connectivity index (χ2n) is 8.81. The summed E-state index contributed by atoms with van der Waals surface area (Å²) in [5, 5.41) is 12.7. The van der Waals surface area contributed by atoms with E-state index in [2.05, 4.69) is 66.6 Å². The van der Waals surface area contributed by atoms with Gasteiger partial charge in [0.05, 0.1) is 12.8 Å². The minimum Gasteiger partial charge on any atom is -0.491 e. The molecule has 1 N–H and O–H groups in total. The summed E-state index contributed by atoms with van der Waals surface area (Å²) < 4.78 is 11.4. The van der Waals surface area contributed by atoms with Crippen LogP contribution in [0.3, 0.4) is 0 Å². The van der Waals surface area contributed by atoms with Crippen molar-refractivity contribution >= 4 is 11.3 Å². The molecule has 0 radical (unpaired) electrons. The highest BCUT2D eigenvalue weighted by molar-refractivity contribution is 7.09. The van der Waals surface area contributed by atoms with Gasteiger partial charge >= 0.3 is 0 Å². The highest BCUT2D eigenvalue weighted by Crippen LogP contribution is 2.32. The zero-order valence-electron chi connectivity index (χ0n) is 19.2. The molecular weight excluding hydrogens is 430 g/mol. The van der Waals surface area contributed by atoms with Gasteiger partial charge in [0, 0.05) is 23.4 Å². The fourth-order valence-electron chi connectivity index (χ4n) is 3.96. The molecule has 4 nitrogen and oxygen atoms in total. The zero-order valence-corrected chi connectivity index (χ0v) is 20.0. The van der Waals surface area contributed by atoms with Crippen LogP contribution in [0.5, 0.6) is 5.75 Å². The number of aliphatic hydroxyl groups is 1. The first kappa shape index (κ1) is 23.3. The highest BCUT2D eigenvalue weighted by atomic mass is 32.1. The van der Waals surface area contributed by atoms with Crippen molar-refractivity contribution in [3.05, 3.63) is 112 Å². The van der Waals surface area contributed by atoms with E-state index in [0.717, 1.165) is 18.1 Å². The lowest BCUT2D eigenvalue weighted by Crippen LogP contribution is -2.34. The normalized spacial score (nSPS) is 12.7. The Balaban J connectivity index is 1.33. The van der Waals surface area contributed by atoms with E-state index in [1.165, 1.54) is 16.0 Å². The Labute approximate surface area is 200 Å². The largest absolute Gasteiger partial charge is 0.491 e. The van der Waals surface area contributed by atoms with E-state index in [1.807, 2.05) is 36.4 Å². The number of rotatable bonds is 11. The minimum atomic E-state index is -0.611. The summed E-state index contributed by atoms with van der Waals surface area (Å²) in [6, 6.07) is 26.7. The monoisotopic (exact) mass is 461 g/mol. The van der Waals surface area contributed by atoms with Gasteiger partial charge in [0.1, 0.15) is 24.2 Å². The zero-order chi connectivity index (χ0) is 23.1. The number of benzene rings is 2. The summed E-state index contributed by atoms with van der Waals surface area (Å²) >= 11 is 1.72. The molecule has 0 aliphatic carbocycles. The quantitative estimate of drug-likeness (QED) is 0.293. The lowest BCUT2D eigenvalue weighted by atomic mass is 9.78. The smallest absolute Gasteiger partial charge is 0.119 e. The lowest BCUT2D eigenvalue weighted by molar-refractivity contribution is 0.0608. The van der Waals surface area contributed by atoms with Gasteiger partial charge in [-0.3, -0.25) is 4.90 Å². The third kappa shape index (κ3) is 6.35. The van der Waals surface area contributed by atoms with E-state index in [-0.39, 0.29) is 12.0 Å². The Kier molecular flexibility index (Phi) is 7.65. The van der Waals surface area contributed by atoms with Crippen LogP contribution in [0.15, 0.2) is 94.9 Å². The van der Waals surface area contributed by atoms with Gasteiger partial charge in [-0.05, 0) is 46.8 Å². The number of furan rings is 1. The van der Waals surface area contributed by atoms with Crippen molar-refractivity contribution in [1.29, 1.82) is 0 Å². The van der Waals surface area contributed by atoms with E-state index < -0.39 is 6.10 Å². The molecule has 4 aromatic rings. The average molecular weight is 462 g/mol. The minimum absolute atomic E-state index is 0.0898. The van der Waals surface area contributed by atoms with Crippen LogP contribution in [0.4, 0.5) is 0 Å². The Bertz CT molecular complexity index is 1040. The number of nitrogens with zero attached hydrogens (tertiary/aromatic N) is 1. The molecule has 1 atom stereocenters. The van der Waals surface area contributed by atoms with Gasteiger partial charge in [0.2, 0.25) is 0 Å². The van der Waals surface area contributed by atoms with Gasteiger partial charge in [-0.1, -0.05) is 62.4 Å². The van der Waals surface area contributed by atoms with Crippen molar-refractivity contribution < 1.29 is 14.3 Å². The molecule has 0 fully saturated rings. The van der Waals surface area contributed by atoms with Crippen molar-refractivity contribution in [3.8, 4) is 5.75 Å². The summed E-state index contributed by atoms with van der Waals surface area (Å²) in [6.45, 7) is 6.59. The van der Waals surface area contributed by atoms with Crippen LogP contribution >= 0.6 is 11.3 Å². The first-order valence-corrected chi connectivity index (χ1v) is 12.1. The molecule has 5 heteroatoms. The molecule has 0 aliphatic rings. The third-order valence-corrected chi connectivity index (χ3v) is 6.76. The van der Waals surface area contributed by atoms with Gasteiger partial charge < -0.3 is 14.3 Å². The number of thiophene rings is 1. The Morgan fingerprint density at radius 2 is 1.67 bits per heavy atom. The van der Waals surface area contributed by atoms with Crippen LogP contribution < -0.4 is 4.74 Å². The summed E-state index contributed by atoms with van der Waals surface area (Å²) in [6.07, 6.45) is 1.07. The second kappa shape index (κ2) is 10.8. The molecule has 2 aromatic heterocycles. The van der Waals surface area contributed by atoms with Crippen molar-refractivity contribution in [1.82, 2.24) is 4.90 Å². The molecule has 0 spiro atoms. The van der Waals surface area contributed by atoms with Crippen LogP contribution in [-0.2, 0) is 18.5 Å². The average Bonchev–Trinajstić information content (AvgIpc) is 3.53. The van der Waals surface area contributed by atoms with E-state index in [4.69, 9.17) is 9.15 Å². The molecule has 0 aliphatic heterocycles. The molecule has 4 rings (SSSR count). The SMILES string of the molecule is CC(C)(c1ccccc1)c1ccc(OC[C@H](O)CN(Cc2ccco2)Cc2cccs2)cc1. The maximum absolute atomic E-state index is 10.7. The predicted molar refractivity (Wildman–Crippen MR) is 134 cm³/mol. The Morgan fingerprint density at radius 1 is 0.909 bits per heavy atom. The fourth-order valence-corrected chi connectivity index (χ4v) is 4.71. The predicted octanol–water partition coefficient (Wildman–Crippen LogP) is 6.11. The molecule has 0 bridgehead atoms. The molecular formula is C28H31NO3S. The van der Waals surface area contributed by atoms with Crippen LogP contribution in [0.25, 0.3) is 0 Å². The van der Waals surface area contributed by atoms with Gasteiger partial charge in [0.25, 0.3) is 0 Å². The number of aliphatic hydroxyl groups excluding tert-OH is 1. The fraction of sp³-hybridized carbons (Fsp3) is 0.286. The maximum Gasteiger partial charge on any atom is 0.119 e. The summed E-state index contributed by atoms with van der Waals surface area (Å²) in [5.41, 5.74) is 2.41. The van der Waals surface area contributed by atoms with Crippen molar-refractivity contribution in [2.75, 3.05) is 13.2 Å². The van der Waals surface area contributed by atoms with Crippen LogP contribution in [-0.4, -0.2) is 29.3 Å². The molecule has 2 aromatic carbocycles.